The van der Waals surface area contributed by atoms with Gasteiger partial charge in [-0.15, -0.1) is 0 Å². The number of benzene rings is 2. The Morgan fingerprint density at radius 3 is 2.74 bits per heavy atom. The number of carbonyl (C=O) groups excluding carboxylic acids is 1. The van der Waals surface area contributed by atoms with E-state index in [2.05, 4.69) is 21.2 Å². The molecular formula is C15H12BrFN2O4. The van der Waals surface area contributed by atoms with Crippen molar-refractivity contribution in [2.45, 2.75) is 13.0 Å². The van der Waals surface area contributed by atoms with Crippen molar-refractivity contribution >= 4 is 33.2 Å². The highest BCUT2D eigenvalue weighted by Crippen LogP contribution is 2.22. The van der Waals surface area contributed by atoms with E-state index in [1.54, 1.807) is 18.2 Å². The Labute approximate surface area is 139 Å². The number of carbonyl (C=O) groups is 1. The van der Waals surface area contributed by atoms with Gasteiger partial charge in [0, 0.05) is 16.2 Å². The van der Waals surface area contributed by atoms with Crippen molar-refractivity contribution in [2.24, 2.45) is 0 Å². The minimum Gasteiger partial charge on any atom is -0.481 e. The van der Waals surface area contributed by atoms with Crippen LogP contribution < -0.4 is 10.1 Å². The van der Waals surface area contributed by atoms with Gasteiger partial charge in [0.05, 0.1) is 4.92 Å². The Bertz CT molecular complexity index is 754. The molecular weight excluding hydrogens is 371 g/mol. The maximum atomic E-state index is 13.3. The normalized spacial score (nSPS) is 11.6. The molecule has 0 radical (unpaired) electrons. The Hall–Kier alpha value is -2.48. The van der Waals surface area contributed by atoms with Crippen LogP contribution in [-0.4, -0.2) is 16.9 Å². The van der Waals surface area contributed by atoms with Gasteiger partial charge in [-0.3, -0.25) is 14.9 Å². The number of nitro groups is 1. The number of nitro benzene ring substituents is 1. The number of anilines is 1. The Balaban J connectivity index is 2.06. The van der Waals surface area contributed by atoms with E-state index < -0.39 is 28.4 Å². The maximum Gasteiger partial charge on any atom is 0.306 e. The van der Waals surface area contributed by atoms with Crippen molar-refractivity contribution in [1.29, 1.82) is 0 Å². The lowest BCUT2D eigenvalue weighted by Gasteiger charge is -2.15. The van der Waals surface area contributed by atoms with Crippen LogP contribution in [0.2, 0.25) is 0 Å². The number of hydrogen-bond acceptors (Lipinski definition) is 4. The number of rotatable bonds is 5. The molecule has 1 atom stereocenters. The molecule has 120 valence electrons. The largest absolute Gasteiger partial charge is 0.481 e. The van der Waals surface area contributed by atoms with Gasteiger partial charge in [-0.25, -0.2) is 0 Å². The van der Waals surface area contributed by atoms with Crippen molar-refractivity contribution in [3.8, 4) is 5.75 Å². The number of halogens is 2. The average molecular weight is 383 g/mol. The van der Waals surface area contributed by atoms with Gasteiger partial charge in [-0.1, -0.05) is 22.0 Å². The van der Waals surface area contributed by atoms with Crippen molar-refractivity contribution in [3.05, 3.63) is 62.9 Å². The molecule has 2 aromatic carbocycles. The van der Waals surface area contributed by atoms with Gasteiger partial charge in [0.25, 0.3) is 5.91 Å². The Kier molecular flexibility index (Phi) is 5.28. The van der Waals surface area contributed by atoms with E-state index >= 15 is 0 Å². The second kappa shape index (κ2) is 7.19. The third-order valence-electron chi connectivity index (χ3n) is 2.89. The van der Waals surface area contributed by atoms with E-state index in [0.29, 0.717) is 5.75 Å². The first-order valence-corrected chi connectivity index (χ1v) is 7.33. The van der Waals surface area contributed by atoms with Gasteiger partial charge in [-0.05, 0) is 37.3 Å². The maximum absolute atomic E-state index is 13.3. The predicted octanol–water partition coefficient (Wildman–Crippen LogP) is 3.90. The molecule has 0 aliphatic heterocycles. The van der Waals surface area contributed by atoms with Crippen LogP contribution in [0.3, 0.4) is 0 Å². The number of hydrogen-bond donors (Lipinski definition) is 1. The summed E-state index contributed by atoms with van der Waals surface area (Å²) in [6.07, 6.45) is -0.839. The molecule has 8 heteroatoms. The fourth-order valence-corrected chi connectivity index (χ4v) is 2.15. The lowest BCUT2D eigenvalue weighted by molar-refractivity contribution is -0.387. The number of amides is 1. The third kappa shape index (κ3) is 4.49. The van der Waals surface area contributed by atoms with Crippen LogP contribution in [0.5, 0.6) is 5.75 Å². The fraction of sp³-hybridized carbons (Fsp3) is 0.133. The first kappa shape index (κ1) is 16.9. The highest BCUT2D eigenvalue weighted by molar-refractivity contribution is 9.10. The van der Waals surface area contributed by atoms with Crippen LogP contribution in [0.4, 0.5) is 15.8 Å². The molecule has 1 amide bonds. The van der Waals surface area contributed by atoms with Gasteiger partial charge < -0.3 is 10.1 Å². The molecule has 0 spiro atoms. The second-order valence-electron chi connectivity index (χ2n) is 4.63. The van der Waals surface area contributed by atoms with Crippen molar-refractivity contribution in [2.75, 3.05) is 5.32 Å². The zero-order valence-corrected chi connectivity index (χ0v) is 13.5. The molecule has 2 aromatic rings. The minimum absolute atomic E-state index is 0.118. The molecule has 0 saturated carbocycles. The molecule has 1 N–H and O–H groups in total. The number of ether oxygens (including phenoxy) is 1. The molecule has 0 aliphatic rings. The van der Waals surface area contributed by atoms with Crippen LogP contribution in [0.15, 0.2) is 46.9 Å². The zero-order valence-electron chi connectivity index (χ0n) is 12.0. The molecule has 0 bridgehead atoms. The third-order valence-corrected chi connectivity index (χ3v) is 3.38. The monoisotopic (exact) mass is 382 g/mol. The summed E-state index contributed by atoms with van der Waals surface area (Å²) in [6.45, 7) is 1.54. The molecule has 1 unspecified atom stereocenters. The number of nitrogens with one attached hydrogen (secondary N) is 1. The number of nitrogens with zero attached hydrogens (tertiary/aromatic N) is 1. The first-order chi connectivity index (χ1) is 10.9. The SMILES string of the molecule is CC(Oc1cccc(Br)c1)C(=O)Nc1ccc(F)c([N+](=O)[O-])c1. The summed E-state index contributed by atoms with van der Waals surface area (Å²) in [6, 6.07) is 10.1. The summed E-state index contributed by atoms with van der Waals surface area (Å²) in [5, 5.41) is 13.1. The van der Waals surface area contributed by atoms with Gasteiger partial charge in [0.1, 0.15) is 5.75 Å². The summed E-state index contributed by atoms with van der Waals surface area (Å²) >= 11 is 3.29. The van der Waals surface area contributed by atoms with Crippen molar-refractivity contribution < 1.29 is 18.8 Å². The molecule has 0 aliphatic carbocycles. The van der Waals surface area contributed by atoms with Gasteiger partial charge in [-0.2, -0.15) is 4.39 Å². The average Bonchev–Trinajstić information content (AvgIpc) is 2.48. The highest BCUT2D eigenvalue weighted by Gasteiger charge is 2.18. The summed E-state index contributed by atoms with van der Waals surface area (Å²) in [7, 11) is 0. The summed E-state index contributed by atoms with van der Waals surface area (Å²) in [5.74, 6) is -0.982. The van der Waals surface area contributed by atoms with Crippen molar-refractivity contribution in [3.63, 3.8) is 0 Å². The molecule has 23 heavy (non-hydrogen) atoms. The Morgan fingerprint density at radius 2 is 2.09 bits per heavy atom. The first-order valence-electron chi connectivity index (χ1n) is 6.54. The molecule has 2 rings (SSSR count). The van der Waals surface area contributed by atoms with Crippen LogP contribution in [-0.2, 0) is 4.79 Å². The van der Waals surface area contributed by atoms with E-state index in [9.17, 15) is 19.3 Å². The van der Waals surface area contributed by atoms with E-state index in [4.69, 9.17) is 4.74 Å². The summed E-state index contributed by atoms with van der Waals surface area (Å²) in [4.78, 5) is 21.9. The molecule has 0 aromatic heterocycles. The van der Waals surface area contributed by atoms with Crippen LogP contribution >= 0.6 is 15.9 Å². The fourth-order valence-electron chi connectivity index (χ4n) is 1.77. The molecule has 6 nitrogen and oxygen atoms in total. The van der Waals surface area contributed by atoms with Crippen LogP contribution in [0, 0.1) is 15.9 Å². The lowest BCUT2D eigenvalue weighted by atomic mass is 10.2. The summed E-state index contributed by atoms with van der Waals surface area (Å²) < 4.78 is 19.5. The van der Waals surface area contributed by atoms with Crippen LogP contribution in [0.1, 0.15) is 6.92 Å². The van der Waals surface area contributed by atoms with E-state index in [1.165, 1.54) is 13.0 Å². The smallest absolute Gasteiger partial charge is 0.306 e. The van der Waals surface area contributed by atoms with Gasteiger partial charge >= 0.3 is 5.69 Å². The zero-order chi connectivity index (χ0) is 17.0. The highest BCUT2D eigenvalue weighted by atomic mass is 79.9. The van der Waals surface area contributed by atoms with Crippen molar-refractivity contribution in [1.82, 2.24) is 0 Å². The van der Waals surface area contributed by atoms with E-state index in [-0.39, 0.29) is 5.69 Å². The molecule has 0 heterocycles. The topological polar surface area (TPSA) is 81.5 Å². The molecule has 0 saturated heterocycles. The van der Waals surface area contributed by atoms with Gasteiger partial charge in [0.2, 0.25) is 5.82 Å². The standard InChI is InChI=1S/C15H12BrFN2O4/c1-9(23-12-4-2-3-10(16)7-12)15(20)18-11-5-6-13(17)14(8-11)19(21)22/h2-9H,1H3,(H,18,20). The minimum atomic E-state index is -0.966. The van der Waals surface area contributed by atoms with Gasteiger partial charge in [0.15, 0.2) is 6.10 Å². The summed E-state index contributed by atoms with van der Waals surface area (Å²) in [5.41, 5.74) is -0.587. The van der Waals surface area contributed by atoms with E-state index in [1.807, 2.05) is 6.07 Å². The quantitative estimate of drug-likeness (QED) is 0.627. The van der Waals surface area contributed by atoms with E-state index in [0.717, 1.165) is 16.6 Å². The molecule has 0 fully saturated rings. The second-order valence-corrected chi connectivity index (χ2v) is 5.55. The lowest BCUT2D eigenvalue weighted by Crippen LogP contribution is -2.30. The predicted molar refractivity (Wildman–Crippen MR) is 85.9 cm³/mol. The van der Waals surface area contributed by atoms with Crippen LogP contribution in [0.25, 0.3) is 0 Å². The Morgan fingerprint density at radius 1 is 1.35 bits per heavy atom.